The average molecular weight is 103 g/mol. The molecule has 0 aromatic carbocycles. The summed E-state index contributed by atoms with van der Waals surface area (Å²) in [5.74, 6) is 0. The van der Waals surface area contributed by atoms with E-state index in [4.69, 9.17) is 0 Å². The predicted molar refractivity (Wildman–Crippen MR) is 33.6 cm³/mol. The first kappa shape index (κ1) is 6.10. The Morgan fingerprint density at radius 3 is 2.33 bits per heavy atom. The van der Waals surface area contributed by atoms with Crippen LogP contribution in [0.3, 0.4) is 0 Å². The molecule has 0 aliphatic carbocycles. The summed E-state index contributed by atoms with van der Waals surface area (Å²) in [4.78, 5) is 3.90. The minimum Gasteiger partial charge on any atom is -0.297 e. The van der Waals surface area contributed by atoms with Crippen LogP contribution in [-0.2, 0) is 0 Å². The Bertz CT molecular complexity index is 58.6. The van der Waals surface area contributed by atoms with Gasteiger partial charge in [0.05, 0.1) is 0 Å². The monoisotopic (exact) mass is 103 g/mol. The maximum absolute atomic E-state index is 3.90. The Morgan fingerprint density at radius 1 is 1.83 bits per heavy atom. The fraction of sp³-hybridized carbons (Fsp3) is 0.750. The normalized spacial score (nSPS) is 12.2. The van der Waals surface area contributed by atoms with Crippen LogP contribution in [0.5, 0.6) is 0 Å². The Hall–Kier alpha value is 0.100. The Kier molecular flexibility index (Phi) is 3.35. The first-order chi connectivity index (χ1) is 2.81. The van der Waals surface area contributed by atoms with E-state index in [2.05, 4.69) is 14.2 Å². The third-order valence-electron chi connectivity index (χ3n) is 0.677. The van der Waals surface area contributed by atoms with Gasteiger partial charge in [-0.3, -0.25) is 4.99 Å². The van der Waals surface area contributed by atoms with Crippen LogP contribution in [0, 0.1) is 0 Å². The Labute approximate surface area is 41.1 Å². The molecule has 1 atom stereocenters. The van der Waals surface area contributed by atoms with Crippen LogP contribution in [-0.4, -0.2) is 18.9 Å². The van der Waals surface area contributed by atoms with Gasteiger partial charge in [0.15, 0.2) is 0 Å². The van der Waals surface area contributed by atoms with E-state index >= 15 is 0 Å². The third-order valence-corrected chi connectivity index (χ3v) is 1.27. The molecule has 0 saturated carbocycles. The molecule has 0 radical (unpaired) electrons. The first-order valence-corrected chi connectivity index (χ1v) is 2.75. The molecule has 0 rings (SSSR count). The van der Waals surface area contributed by atoms with Crippen LogP contribution in [0.4, 0.5) is 0 Å². The molecule has 36 valence electrons. The summed E-state index contributed by atoms with van der Waals surface area (Å²) in [7, 11) is 4.41. The van der Waals surface area contributed by atoms with Crippen molar-refractivity contribution in [1.29, 1.82) is 0 Å². The molecule has 0 N–H and O–H groups in total. The van der Waals surface area contributed by atoms with Crippen molar-refractivity contribution in [3.05, 3.63) is 0 Å². The highest BCUT2D eigenvalue weighted by atomic mass is 31.0. The van der Waals surface area contributed by atoms with Gasteiger partial charge >= 0.3 is 0 Å². The molecule has 0 aliphatic heterocycles. The molecule has 1 nitrogen and oxygen atoms in total. The fourth-order valence-electron chi connectivity index (χ4n) is 0.0913. The predicted octanol–water partition coefficient (Wildman–Crippen LogP) is 0.952. The maximum Gasteiger partial charge on any atom is 0.0276 e. The first-order valence-electron chi connectivity index (χ1n) is 1.93. The van der Waals surface area contributed by atoms with Crippen LogP contribution >= 0.6 is 9.24 Å². The van der Waals surface area contributed by atoms with Gasteiger partial charge in [0.2, 0.25) is 0 Å². The molecule has 0 aromatic heterocycles. The number of hydrogen-bond acceptors (Lipinski definition) is 1. The number of nitrogens with zero attached hydrogens (tertiary/aromatic N) is 1. The van der Waals surface area contributed by atoms with Crippen molar-refractivity contribution in [3.8, 4) is 0 Å². The van der Waals surface area contributed by atoms with E-state index in [0.717, 1.165) is 6.16 Å². The highest BCUT2D eigenvalue weighted by molar-refractivity contribution is 7.18. The summed E-state index contributed by atoms with van der Waals surface area (Å²) in [6, 6.07) is 0. The van der Waals surface area contributed by atoms with E-state index < -0.39 is 0 Å². The fourth-order valence-corrected chi connectivity index (χ4v) is 0.274. The summed E-state index contributed by atoms with van der Waals surface area (Å²) >= 11 is 0. The molecule has 6 heavy (non-hydrogen) atoms. The number of hydrogen-bond donors (Lipinski definition) is 0. The SMILES string of the molecule is CN=C(C)CP. The van der Waals surface area contributed by atoms with Crippen LogP contribution < -0.4 is 0 Å². The van der Waals surface area contributed by atoms with Gasteiger partial charge in [0, 0.05) is 12.8 Å². The van der Waals surface area contributed by atoms with Crippen LogP contribution in [0.25, 0.3) is 0 Å². The topological polar surface area (TPSA) is 12.4 Å². The maximum atomic E-state index is 3.90. The van der Waals surface area contributed by atoms with Crippen LogP contribution in [0.1, 0.15) is 6.92 Å². The summed E-state index contributed by atoms with van der Waals surface area (Å²) < 4.78 is 0. The van der Waals surface area contributed by atoms with E-state index in [1.807, 2.05) is 6.92 Å². The molecular weight excluding hydrogens is 93.0 g/mol. The van der Waals surface area contributed by atoms with Gasteiger partial charge in [-0.05, 0) is 13.1 Å². The van der Waals surface area contributed by atoms with Crippen molar-refractivity contribution >= 4 is 15.0 Å². The Morgan fingerprint density at radius 2 is 2.33 bits per heavy atom. The van der Waals surface area contributed by atoms with Crippen LogP contribution in [0.2, 0.25) is 0 Å². The highest BCUT2D eigenvalue weighted by Gasteiger charge is 1.75. The zero-order chi connectivity index (χ0) is 4.99. The third kappa shape index (κ3) is 2.34. The largest absolute Gasteiger partial charge is 0.297 e. The van der Waals surface area contributed by atoms with Crippen molar-refractivity contribution in [3.63, 3.8) is 0 Å². The molecule has 2 heteroatoms. The molecule has 0 saturated heterocycles. The standard InChI is InChI=1S/C4H10NP/c1-4(3-6)5-2/h3,6H2,1-2H3. The summed E-state index contributed by atoms with van der Waals surface area (Å²) in [5, 5.41) is 0. The zero-order valence-corrected chi connectivity index (χ0v) is 5.39. The zero-order valence-electron chi connectivity index (χ0n) is 4.23. The van der Waals surface area contributed by atoms with E-state index in [-0.39, 0.29) is 0 Å². The van der Waals surface area contributed by atoms with Gasteiger partial charge in [-0.2, -0.15) is 0 Å². The van der Waals surface area contributed by atoms with Gasteiger partial charge < -0.3 is 0 Å². The van der Waals surface area contributed by atoms with Gasteiger partial charge in [0.1, 0.15) is 0 Å². The van der Waals surface area contributed by atoms with Crippen molar-refractivity contribution in [2.75, 3.05) is 13.2 Å². The highest BCUT2D eigenvalue weighted by Crippen LogP contribution is 1.81. The number of aliphatic imine (C=N–C) groups is 1. The van der Waals surface area contributed by atoms with Gasteiger partial charge in [-0.1, -0.05) is 0 Å². The van der Waals surface area contributed by atoms with Crippen molar-refractivity contribution in [1.82, 2.24) is 0 Å². The molecule has 0 aliphatic rings. The minimum absolute atomic E-state index is 0.997. The van der Waals surface area contributed by atoms with Crippen molar-refractivity contribution < 1.29 is 0 Å². The molecule has 0 aromatic rings. The summed E-state index contributed by atoms with van der Waals surface area (Å²) in [5.41, 5.74) is 1.18. The summed E-state index contributed by atoms with van der Waals surface area (Å²) in [6.45, 7) is 2.01. The lowest BCUT2D eigenvalue weighted by Crippen LogP contribution is -1.88. The smallest absolute Gasteiger partial charge is 0.0276 e. The second-order valence-electron chi connectivity index (χ2n) is 1.16. The average Bonchev–Trinajstić information content (AvgIpc) is 1.65. The second-order valence-corrected chi connectivity index (χ2v) is 1.57. The van der Waals surface area contributed by atoms with E-state index in [1.165, 1.54) is 5.71 Å². The Balaban J connectivity index is 3.22. The van der Waals surface area contributed by atoms with Crippen molar-refractivity contribution in [2.45, 2.75) is 6.92 Å². The van der Waals surface area contributed by atoms with E-state index in [1.54, 1.807) is 7.05 Å². The lowest BCUT2D eigenvalue weighted by atomic mass is 10.5. The van der Waals surface area contributed by atoms with Gasteiger partial charge in [-0.15, -0.1) is 9.24 Å². The molecule has 1 unspecified atom stereocenters. The van der Waals surface area contributed by atoms with Gasteiger partial charge in [-0.25, -0.2) is 0 Å². The number of rotatable bonds is 1. The molecule has 0 fully saturated rings. The lowest BCUT2D eigenvalue weighted by molar-refractivity contribution is 1.41. The lowest BCUT2D eigenvalue weighted by Gasteiger charge is -1.84. The molecule has 0 bridgehead atoms. The second kappa shape index (κ2) is 3.30. The van der Waals surface area contributed by atoms with E-state index in [0.29, 0.717) is 0 Å². The minimum atomic E-state index is 0.997. The molecule has 0 spiro atoms. The summed E-state index contributed by atoms with van der Waals surface area (Å²) in [6.07, 6.45) is 0.997. The molecule has 0 heterocycles. The molecular formula is C4H10NP. The molecule has 0 amide bonds. The van der Waals surface area contributed by atoms with Crippen LogP contribution in [0.15, 0.2) is 4.99 Å². The van der Waals surface area contributed by atoms with E-state index in [9.17, 15) is 0 Å². The van der Waals surface area contributed by atoms with Crippen molar-refractivity contribution in [2.24, 2.45) is 4.99 Å². The van der Waals surface area contributed by atoms with Gasteiger partial charge in [0.25, 0.3) is 0 Å². The quantitative estimate of drug-likeness (QED) is 0.346.